The minimum atomic E-state index is -1.02. The molecule has 0 aliphatic carbocycles. The van der Waals surface area contributed by atoms with Crippen molar-refractivity contribution in [1.82, 2.24) is 0 Å². The summed E-state index contributed by atoms with van der Waals surface area (Å²) in [5.41, 5.74) is -5.38. The number of ether oxygens (including phenoxy) is 2. The van der Waals surface area contributed by atoms with Gasteiger partial charge in [-0.3, -0.25) is 14.4 Å². The molecule has 0 aromatic rings. The summed E-state index contributed by atoms with van der Waals surface area (Å²) in [6, 6.07) is 0. The number of Topliss-reactive ketones (excluding diaryl/α,β-unsaturated/α-hetero) is 3. The molecule has 0 aliphatic rings. The molecule has 0 aromatic carbocycles. The van der Waals surface area contributed by atoms with Gasteiger partial charge >= 0.3 is 0 Å². The number of carbonyl (C=O) groups is 3. The van der Waals surface area contributed by atoms with Crippen molar-refractivity contribution in [2.24, 2.45) is 27.1 Å². The van der Waals surface area contributed by atoms with Gasteiger partial charge in [0, 0.05) is 16.2 Å². The van der Waals surface area contributed by atoms with Crippen LogP contribution in [0.3, 0.4) is 0 Å². The number of hydrogen-bond acceptors (Lipinski definition) is 5. The minimum Gasteiger partial charge on any atom is -0.364 e. The summed E-state index contributed by atoms with van der Waals surface area (Å²) in [5, 5.41) is 0. The highest BCUT2D eigenvalue weighted by molar-refractivity contribution is 5.92. The van der Waals surface area contributed by atoms with Gasteiger partial charge in [0.25, 0.3) is 0 Å². The normalized spacial score (nSPS) is 15.9. The van der Waals surface area contributed by atoms with Crippen molar-refractivity contribution in [2.75, 3.05) is 0 Å². The van der Waals surface area contributed by atoms with E-state index in [1.165, 1.54) is 0 Å². The van der Waals surface area contributed by atoms with E-state index in [0.717, 1.165) is 6.42 Å². The predicted molar refractivity (Wildman–Crippen MR) is 158 cm³/mol. The maximum atomic E-state index is 14.1. The van der Waals surface area contributed by atoms with E-state index in [9.17, 15) is 14.4 Å². The van der Waals surface area contributed by atoms with Crippen LogP contribution < -0.4 is 0 Å². The molecule has 38 heavy (non-hydrogen) atoms. The third kappa shape index (κ3) is 9.54. The van der Waals surface area contributed by atoms with Crippen LogP contribution in [0.5, 0.6) is 0 Å². The van der Waals surface area contributed by atoms with Gasteiger partial charge < -0.3 is 9.47 Å². The van der Waals surface area contributed by atoms with Gasteiger partial charge in [-0.25, -0.2) is 0 Å². The van der Waals surface area contributed by atoms with Crippen LogP contribution in [0.2, 0.25) is 0 Å². The highest BCUT2D eigenvalue weighted by Crippen LogP contribution is 2.46. The Kier molecular flexibility index (Phi) is 10.8. The lowest BCUT2D eigenvalue weighted by molar-refractivity contribution is -0.183. The van der Waals surface area contributed by atoms with E-state index in [0.29, 0.717) is 6.42 Å². The van der Waals surface area contributed by atoms with Gasteiger partial charge in [0.05, 0.1) is 16.6 Å². The first-order valence-corrected chi connectivity index (χ1v) is 14.2. The van der Waals surface area contributed by atoms with Crippen LogP contribution in [0.25, 0.3) is 0 Å². The van der Waals surface area contributed by atoms with Crippen LogP contribution >= 0.6 is 0 Å². The Morgan fingerprint density at radius 1 is 0.605 bits per heavy atom. The second kappa shape index (κ2) is 11.1. The van der Waals surface area contributed by atoms with Crippen molar-refractivity contribution in [2.45, 2.75) is 167 Å². The Bertz CT molecular complexity index is 870. The van der Waals surface area contributed by atoms with Crippen molar-refractivity contribution in [3.8, 4) is 0 Å². The van der Waals surface area contributed by atoms with E-state index < -0.39 is 44.6 Å². The highest BCUT2D eigenvalue weighted by atomic mass is 16.5. The monoisotopic (exact) mass is 538 g/mol. The van der Waals surface area contributed by atoms with Crippen LogP contribution in [0.4, 0.5) is 0 Å². The van der Waals surface area contributed by atoms with Gasteiger partial charge in [0.2, 0.25) is 0 Å². The molecule has 0 aromatic heterocycles. The zero-order valence-corrected chi connectivity index (χ0v) is 28.5. The van der Waals surface area contributed by atoms with Gasteiger partial charge in [0.15, 0.2) is 11.6 Å². The summed E-state index contributed by atoms with van der Waals surface area (Å²) in [4.78, 5) is 40.5. The summed E-state index contributed by atoms with van der Waals surface area (Å²) in [5.74, 6) is 0.0904. The standard InChI is InChI=1S/C33H62O5/c1-22(23(34)27(5,6)7)37-33(18,19)31(14,15)24(35)29(10,11)21-30(12,13)38-32(16,17)25(36)28(8,9)20-26(2,3)4/h22H,20-21H2,1-19H3. The van der Waals surface area contributed by atoms with Crippen molar-refractivity contribution in [3.05, 3.63) is 0 Å². The molecule has 224 valence electrons. The van der Waals surface area contributed by atoms with Crippen molar-refractivity contribution in [1.29, 1.82) is 0 Å². The van der Waals surface area contributed by atoms with E-state index in [1.807, 2.05) is 104 Å². The molecule has 1 atom stereocenters. The molecule has 0 fully saturated rings. The lowest BCUT2D eigenvalue weighted by atomic mass is 9.63. The number of ketones is 3. The summed E-state index contributed by atoms with van der Waals surface area (Å²) >= 11 is 0. The summed E-state index contributed by atoms with van der Waals surface area (Å²) in [6.45, 7) is 36.8. The lowest BCUT2D eigenvalue weighted by Crippen LogP contribution is -2.55. The third-order valence-corrected chi connectivity index (χ3v) is 7.80. The van der Waals surface area contributed by atoms with Gasteiger partial charge in [-0.2, -0.15) is 0 Å². The van der Waals surface area contributed by atoms with Crippen LogP contribution in [0, 0.1) is 27.1 Å². The molecular weight excluding hydrogens is 476 g/mol. The lowest BCUT2D eigenvalue weighted by Gasteiger charge is -2.47. The largest absolute Gasteiger partial charge is 0.364 e. The van der Waals surface area contributed by atoms with Gasteiger partial charge in [-0.15, -0.1) is 0 Å². The first kappa shape index (κ1) is 36.9. The second-order valence-corrected chi connectivity index (χ2v) is 17.2. The molecule has 0 N–H and O–H groups in total. The van der Waals surface area contributed by atoms with Gasteiger partial charge in [-0.1, -0.05) is 83.1 Å². The Balaban J connectivity index is 5.89. The zero-order chi connectivity index (χ0) is 31.1. The van der Waals surface area contributed by atoms with Crippen molar-refractivity contribution >= 4 is 17.3 Å². The average Bonchev–Trinajstić information content (AvgIpc) is 2.60. The molecule has 0 saturated carbocycles. The average molecular weight is 539 g/mol. The first-order chi connectivity index (χ1) is 16.2. The second-order valence-electron chi connectivity index (χ2n) is 17.2. The SMILES string of the molecule is CC(OC(C)(C)C(C)(C)C(=O)C(C)(C)CC(C)(C)OC(C)(C)C(=O)C(C)(C)CC(C)(C)C)C(=O)C(C)(C)C. The quantitative estimate of drug-likeness (QED) is 0.235. The van der Waals surface area contributed by atoms with Gasteiger partial charge in [0.1, 0.15) is 17.5 Å². The van der Waals surface area contributed by atoms with E-state index in [4.69, 9.17) is 9.47 Å². The van der Waals surface area contributed by atoms with Crippen LogP contribution in [0.15, 0.2) is 0 Å². The Labute approximate surface area is 235 Å². The fourth-order valence-corrected chi connectivity index (χ4v) is 6.51. The van der Waals surface area contributed by atoms with E-state index in [-0.39, 0.29) is 22.8 Å². The van der Waals surface area contributed by atoms with Crippen LogP contribution in [0.1, 0.15) is 144 Å². The Morgan fingerprint density at radius 2 is 1.00 bits per heavy atom. The Hall–Kier alpha value is -1.07. The fraction of sp³-hybridized carbons (Fsp3) is 0.909. The van der Waals surface area contributed by atoms with E-state index in [1.54, 1.807) is 6.92 Å². The molecule has 0 amide bonds. The number of rotatable bonds is 13. The predicted octanol–water partition coefficient (Wildman–Crippen LogP) is 8.40. The minimum absolute atomic E-state index is 0.00361. The Morgan fingerprint density at radius 3 is 1.37 bits per heavy atom. The summed E-state index contributed by atoms with van der Waals surface area (Å²) in [6.07, 6.45) is 0.531. The molecule has 0 radical (unpaired) electrons. The molecule has 0 heterocycles. The number of carbonyl (C=O) groups excluding carboxylic acids is 3. The van der Waals surface area contributed by atoms with E-state index in [2.05, 4.69) is 20.8 Å². The topological polar surface area (TPSA) is 69.7 Å². The van der Waals surface area contributed by atoms with E-state index >= 15 is 0 Å². The molecule has 1 unspecified atom stereocenters. The maximum Gasteiger partial charge on any atom is 0.169 e. The molecular formula is C33H62O5. The van der Waals surface area contributed by atoms with Crippen LogP contribution in [-0.2, 0) is 23.9 Å². The molecule has 0 saturated heterocycles. The summed E-state index contributed by atoms with van der Waals surface area (Å²) < 4.78 is 12.8. The smallest absolute Gasteiger partial charge is 0.169 e. The molecule has 5 heteroatoms. The molecule has 0 spiro atoms. The molecule has 0 bridgehead atoms. The first-order valence-electron chi connectivity index (χ1n) is 14.2. The van der Waals surface area contributed by atoms with Gasteiger partial charge in [-0.05, 0) is 66.7 Å². The molecule has 0 aliphatic heterocycles. The number of hydrogen-bond donors (Lipinski definition) is 0. The fourth-order valence-electron chi connectivity index (χ4n) is 6.51. The molecule has 0 rings (SSSR count). The third-order valence-electron chi connectivity index (χ3n) is 7.80. The molecule has 5 nitrogen and oxygen atoms in total. The van der Waals surface area contributed by atoms with Crippen molar-refractivity contribution in [3.63, 3.8) is 0 Å². The summed E-state index contributed by atoms with van der Waals surface area (Å²) in [7, 11) is 0. The zero-order valence-electron chi connectivity index (χ0n) is 28.5. The van der Waals surface area contributed by atoms with Crippen molar-refractivity contribution < 1.29 is 23.9 Å². The highest BCUT2D eigenvalue weighted by Gasteiger charge is 2.53. The maximum absolute atomic E-state index is 14.1. The van der Waals surface area contributed by atoms with Crippen LogP contribution in [-0.4, -0.2) is 40.3 Å².